The maximum atomic E-state index is 13.1. The molecule has 0 aromatic heterocycles. The molecule has 1 heterocycles. The molecule has 0 amide bonds. The van der Waals surface area contributed by atoms with Crippen molar-refractivity contribution in [3.63, 3.8) is 0 Å². The average Bonchev–Trinajstić information content (AvgIpc) is 2.17. The van der Waals surface area contributed by atoms with E-state index in [4.69, 9.17) is 0 Å². The van der Waals surface area contributed by atoms with Crippen molar-refractivity contribution < 1.29 is 13.2 Å². The SMILES string of the molecule is Fc1ccc([C@H]2CC(F)(F)CCN2)cc1. The Hall–Kier alpha value is -1.03. The van der Waals surface area contributed by atoms with Gasteiger partial charge in [-0.05, 0) is 17.7 Å². The van der Waals surface area contributed by atoms with Gasteiger partial charge < -0.3 is 5.32 Å². The van der Waals surface area contributed by atoms with Gasteiger partial charge in [0.2, 0.25) is 0 Å². The molecular weight excluding hydrogens is 203 g/mol. The van der Waals surface area contributed by atoms with Gasteiger partial charge in [0.1, 0.15) is 5.82 Å². The highest BCUT2D eigenvalue weighted by atomic mass is 19.3. The Bertz CT molecular complexity index is 334. The van der Waals surface area contributed by atoms with Crippen molar-refractivity contribution in [2.75, 3.05) is 6.54 Å². The van der Waals surface area contributed by atoms with Gasteiger partial charge in [-0.3, -0.25) is 0 Å². The molecule has 15 heavy (non-hydrogen) atoms. The van der Waals surface area contributed by atoms with Crippen LogP contribution in [0.1, 0.15) is 24.4 Å². The summed E-state index contributed by atoms with van der Waals surface area (Å²) in [5.41, 5.74) is 0.718. The Morgan fingerprint density at radius 1 is 1.20 bits per heavy atom. The van der Waals surface area contributed by atoms with Gasteiger partial charge in [0.25, 0.3) is 5.92 Å². The highest BCUT2D eigenvalue weighted by Gasteiger charge is 2.36. The number of benzene rings is 1. The molecule has 1 aromatic rings. The van der Waals surface area contributed by atoms with Crippen LogP contribution in [-0.2, 0) is 0 Å². The average molecular weight is 215 g/mol. The minimum atomic E-state index is -2.61. The summed E-state index contributed by atoms with van der Waals surface area (Å²) in [6, 6.07) is 5.32. The van der Waals surface area contributed by atoms with Crippen LogP contribution in [0.2, 0.25) is 0 Å². The highest BCUT2D eigenvalue weighted by molar-refractivity contribution is 5.20. The lowest BCUT2D eigenvalue weighted by atomic mass is 9.95. The van der Waals surface area contributed by atoms with E-state index in [0.29, 0.717) is 6.54 Å². The van der Waals surface area contributed by atoms with Gasteiger partial charge in [-0.1, -0.05) is 12.1 Å². The summed E-state index contributed by atoms with van der Waals surface area (Å²) in [6.07, 6.45) is -0.330. The van der Waals surface area contributed by atoms with Crippen LogP contribution in [0.15, 0.2) is 24.3 Å². The first-order chi connectivity index (χ1) is 7.07. The van der Waals surface area contributed by atoms with E-state index >= 15 is 0 Å². The monoisotopic (exact) mass is 215 g/mol. The number of rotatable bonds is 1. The van der Waals surface area contributed by atoms with E-state index in [1.54, 1.807) is 12.1 Å². The summed E-state index contributed by atoms with van der Waals surface area (Å²) in [4.78, 5) is 0. The number of piperidine rings is 1. The zero-order chi connectivity index (χ0) is 10.9. The topological polar surface area (TPSA) is 12.0 Å². The summed E-state index contributed by atoms with van der Waals surface area (Å²) < 4.78 is 38.8. The van der Waals surface area contributed by atoms with Crippen LogP contribution in [0.5, 0.6) is 0 Å². The van der Waals surface area contributed by atoms with E-state index in [-0.39, 0.29) is 24.7 Å². The first-order valence-electron chi connectivity index (χ1n) is 4.93. The van der Waals surface area contributed by atoms with E-state index < -0.39 is 5.92 Å². The van der Waals surface area contributed by atoms with E-state index in [1.165, 1.54) is 12.1 Å². The second-order valence-electron chi connectivity index (χ2n) is 3.87. The van der Waals surface area contributed by atoms with Gasteiger partial charge >= 0.3 is 0 Å². The molecule has 0 radical (unpaired) electrons. The zero-order valence-corrected chi connectivity index (χ0v) is 8.14. The van der Waals surface area contributed by atoms with Crippen LogP contribution < -0.4 is 5.32 Å². The molecule has 0 bridgehead atoms. The number of halogens is 3. The lowest BCUT2D eigenvalue weighted by Crippen LogP contribution is -2.38. The molecule has 4 heteroatoms. The third-order valence-corrected chi connectivity index (χ3v) is 2.66. The smallest absolute Gasteiger partial charge is 0.251 e. The quantitative estimate of drug-likeness (QED) is 0.759. The molecule has 1 nitrogen and oxygen atoms in total. The highest BCUT2D eigenvalue weighted by Crippen LogP contribution is 2.34. The number of hydrogen-bond donors (Lipinski definition) is 1. The van der Waals surface area contributed by atoms with Crippen LogP contribution in [-0.4, -0.2) is 12.5 Å². The molecule has 0 spiro atoms. The standard InChI is InChI=1S/C11H12F3N/c12-9-3-1-8(2-4-9)10-7-11(13,14)5-6-15-10/h1-4,10,15H,5-7H2/t10-/m1/s1. The fourth-order valence-electron chi connectivity index (χ4n) is 1.83. The lowest BCUT2D eigenvalue weighted by molar-refractivity contribution is -0.0415. The molecule has 0 aliphatic carbocycles. The molecule has 1 atom stereocenters. The molecule has 1 aliphatic heterocycles. The Morgan fingerprint density at radius 2 is 1.87 bits per heavy atom. The first kappa shape index (κ1) is 10.5. The molecule has 0 unspecified atom stereocenters. The van der Waals surface area contributed by atoms with Crippen LogP contribution in [0.25, 0.3) is 0 Å². The first-order valence-corrected chi connectivity index (χ1v) is 4.93. The Balaban J connectivity index is 2.13. The van der Waals surface area contributed by atoms with Gasteiger partial charge in [0.15, 0.2) is 0 Å². The fourth-order valence-corrected chi connectivity index (χ4v) is 1.83. The minimum absolute atomic E-state index is 0.120. The van der Waals surface area contributed by atoms with E-state index in [1.807, 2.05) is 0 Å². The van der Waals surface area contributed by atoms with Crippen molar-refractivity contribution in [2.45, 2.75) is 24.8 Å². The molecule has 82 valence electrons. The molecule has 1 N–H and O–H groups in total. The lowest BCUT2D eigenvalue weighted by Gasteiger charge is -2.30. The van der Waals surface area contributed by atoms with Gasteiger partial charge in [0.05, 0.1) is 0 Å². The number of hydrogen-bond acceptors (Lipinski definition) is 1. The van der Waals surface area contributed by atoms with Crippen LogP contribution >= 0.6 is 0 Å². The maximum absolute atomic E-state index is 13.1. The molecular formula is C11H12F3N. The van der Waals surface area contributed by atoms with Gasteiger partial charge in [0, 0.05) is 25.4 Å². The Labute approximate surface area is 86.3 Å². The van der Waals surface area contributed by atoms with Crippen molar-refractivity contribution in [1.29, 1.82) is 0 Å². The summed E-state index contributed by atoms with van der Waals surface area (Å²) >= 11 is 0. The van der Waals surface area contributed by atoms with Gasteiger partial charge in [-0.2, -0.15) is 0 Å². The number of alkyl halides is 2. The van der Waals surface area contributed by atoms with Crippen LogP contribution in [0, 0.1) is 5.82 Å². The largest absolute Gasteiger partial charge is 0.310 e. The molecule has 1 aliphatic rings. The fraction of sp³-hybridized carbons (Fsp3) is 0.455. The summed E-state index contributed by atoms with van der Waals surface area (Å²) in [5, 5.41) is 3.01. The van der Waals surface area contributed by atoms with Crippen molar-refractivity contribution >= 4 is 0 Å². The normalized spacial score (nSPS) is 25.1. The third kappa shape index (κ3) is 2.50. The molecule has 1 fully saturated rings. The van der Waals surface area contributed by atoms with Gasteiger partial charge in [-0.15, -0.1) is 0 Å². The third-order valence-electron chi connectivity index (χ3n) is 2.66. The summed E-state index contributed by atoms with van der Waals surface area (Å²) in [5.74, 6) is -2.95. The zero-order valence-electron chi connectivity index (χ0n) is 8.14. The van der Waals surface area contributed by atoms with Crippen molar-refractivity contribution in [3.8, 4) is 0 Å². The number of nitrogens with one attached hydrogen (secondary N) is 1. The molecule has 0 saturated carbocycles. The molecule has 1 saturated heterocycles. The Morgan fingerprint density at radius 3 is 2.47 bits per heavy atom. The molecule has 2 rings (SSSR count). The van der Waals surface area contributed by atoms with E-state index in [9.17, 15) is 13.2 Å². The maximum Gasteiger partial charge on any atom is 0.251 e. The van der Waals surface area contributed by atoms with E-state index in [0.717, 1.165) is 5.56 Å². The van der Waals surface area contributed by atoms with Crippen molar-refractivity contribution in [2.24, 2.45) is 0 Å². The van der Waals surface area contributed by atoms with Crippen LogP contribution in [0.4, 0.5) is 13.2 Å². The predicted molar refractivity (Wildman–Crippen MR) is 51.3 cm³/mol. The van der Waals surface area contributed by atoms with Crippen molar-refractivity contribution in [3.05, 3.63) is 35.6 Å². The summed E-state index contributed by atoms with van der Waals surface area (Å²) in [6.45, 7) is 0.301. The van der Waals surface area contributed by atoms with Crippen LogP contribution in [0.3, 0.4) is 0 Å². The van der Waals surface area contributed by atoms with E-state index in [2.05, 4.69) is 5.32 Å². The molecule has 1 aromatic carbocycles. The Kier molecular flexibility index (Phi) is 2.69. The second-order valence-corrected chi connectivity index (χ2v) is 3.87. The minimum Gasteiger partial charge on any atom is -0.310 e. The van der Waals surface area contributed by atoms with Crippen molar-refractivity contribution in [1.82, 2.24) is 5.32 Å². The predicted octanol–water partition coefficient (Wildman–Crippen LogP) is 2.89. The van der Waals surface area contributed by atoms with Gasteiger partial charge in [-0.25, -0.2) is 13.2 Å². The summed E-state index contributed by atoms with van der Waals surface area (Å²) in [7, 11) is 0. The second kappa shape index (κ2) is 3.85.